The van der Waals surface area contributed by atoms with Gasteiger partial charge in [-0.3, -0.25) is 4.90 Å². The van der Waals surface area contributed by atoms with Gasteiger partial charge in [-0.05, 0) is 12.6 Å². The van der Waals surface area contributed by atoms with Gasteiger partial charge in [0.15, 0.2) is 0 Å². The Balaban J connectivity index is 1.83. The average molecular weight is 274 g/mol. The van der Waals surface area contributed by atoms with Crippen LogP contribution in [0.5, 0.6) is 0 Å². The maximum absolute atomic E-state index is 9.48. The van der Waals surface area contributed by atoms with E-state index in [2.05, 4.69) is 34.7 Å². The lowest BCUT2D eigenvalue weighted by atomic mass is 10.2. The molecule has 2 heterocycles. The van der Waals surface area contributed by atoms with Crippen molar-refractivity contribution in [3.8, 4) is 0 Å². The van der Waals surface area contributed by atoms with E-state index in [-0.39, 0.29) is 12.7 Å². The van der Waals surface area contributed by atoms with Crippen molar-refractivity contribution in [1.29, 1.82) is 0 Å². The molecule has 1 aromatic carbocycles. The summed E-state index contributed by atoms with van der Waals surface area (Å²) >= 11 is 0. The molecule has 2 aromatic rings. The summed E-state index contributed by atoms with van der Waals surface area (Å²) in [6.07, 6.45) is 2.28. The van der Waals surface area contributed by atoms with Gasteiger partial charge in [0.2, 0.25) is 0 Å². The minimum Gasteiger partial charge on any atom is -0.392 e. The Hall–Kier alpha value is -1.36. The van der Waals surface area contributed by atoms with Crippen molar-refractivity contribution in [3.63, 3.8) is 0 Å². The molecule has 4 heteroatoms. The molecule has 4 nitrogen and oxygen atoms in total. The molecule has 0 spiro atoms. The Labute approximate surface area is 119 Å². The number of morpholine rings is 1. The van der Waals surface area contributed by atoms with E-state index in [0.29, 0.717) is 0 Å². The van der Waals surface area contributed by atoms with E-state index in [4.69, 9.17) is 4.74 Å². The number of para-hydroxylation sites is 1. The summed E-state index contributed by atoms with van der Waals surface area (Å²) in [6, 6.07) is 8.23. The van der Waals surface area contributed by atoms with E-state index >= 15 is 0 Å². The third-order valence-electron chi connectivity index (χ3n) is 4.11. The first-order chi connectivity index (χ1) is 9.81. The molecule has 1 aromatic heterocycles. The van der Waals surface area contributed by atoms with Crippen LogP contribution in [0.3, 0.4) is 0 Å². The first-order valence-electron chi connectivity index (χ1n) is 7.33. The predicted molar refractivity (Wildman–Crippen MR) is 79.7 cm³/mol. The van der Waals surface area contributed by atoms with Crippen molar-refractivity contribution < 1.29 is 9.84 Å². The fourth-order valence-corrected chi connectivity index (χ4v) is 3.00. The van der Waals surface area contributed by atoms with Crippen molar-refractivity contribution >= 4 is 10.9 Å². The molecule has 0 radical (unpaired) electrons. The summed E-state index contributed by atoms with van der Waals surface area (Å²) in [4.78, 5) is 2.42. The van der Waals surface area contributed by atoms with Crippen molar-refractivity contribution in [1.82, 2.24) is 9.47 Å². The number of nitrogens with zero attached hydrogens (tertiary/aromatic N) is 2. The predicted octanol–water partition coefficient (Wildman–Crippen LogP) is 1.85. The lowest BCUT2D eigenvalue weighted by molar-refractivity contribution is -0.0337. The number of rotatable bonds is 4. The molecular weight excluding hydrogens is 252 g/mol. The van der Waals surface area contributed by atoms with Gasteiger partial charge in [0.1, 0.15) is 0 Å². The number of hydrogen-bond acceptors (Lipinski definition) is 3. The smallest absolute Gasteiger partial charge is 0.0881 e. The highest BCUT2D eigenvalue weighted by Gasteiger charge is 2.20. The van der Waals surface area contributed by atoms with Gasteiger partial charge in [-0.1, -0.05) is 25.1 Å². The molecule has 0 aliphatic carbocycles. The molecule has 1 fully saturated rings. The van der Waals surface area contributed by atoms with Gasteiger partial charge in [0.05, 0.1) is 25.9 Å². The van der Waals surface area contributed by atoms with Gasteiger partial charge in [-0.2, -0.15) is 0 Å². The molecule has 3 rings (SSSR count). The lowest BCUT2D eigenvalue weighted by Crippen LogP contribution is -2.43. The molecular formula is C16H22N2O2. The molecule has 0 saturated carbocycles. The summed E-state index contributed by atoms with van der Waals surface area (Å²) in [5.41, 5.74) is 2.16. The summed E-state index contributed by atoms with van der Waals surface area (Å²) < 4.78 is 8.09. The molecule has 0 bridgehead atoms. The molecule has 1 atom stereocenters. The maximum atomic E-state index is 9.48. The van der Waals surface area contributed by atoms with E-state index in [0.717, 1.165) is 43.7 Å². The zero-order chi connectivity index (χ0) is 13.9. The van der Waals surface area contributed by atoms with E-state index < -0.39 is 0 Å². The molecule has 1 saturated heterocycles. The topological polar surface area (TPSA) is 37.6 Å². The Morgan fingerprint density at radius 2 is 2.20 bits per heavy atom. The fraction of sp³-hybridized carbons (Fsp3) is 0.500. The number of benzene rings is 1. The normalized spacial score (nSPS) is 20.6. The van der Waals surface area contributed by atoms with Crippen LogP contribution in [0, 0.1) is 0 Å². The second-order valence-electron chi connectivity index (χ2n) is 5.37. The van der Waals surface area contributed by atoms with Crippen LogP contribution < -0.4 is 0 Å². The third kappa shape index (κ3) is 2.59. The third-order valence-corrected chi connectivity index (χ3v) is 4.11. The highest BCUT2D eigenvalue weighted by molar-refractivity contribution is 5.83. The molecule has 108 valence electrons. The molecule has 20 heavy (non-hydrogen) atoms. The van der Waals surface area contributed by atoms with Crippen LogP contribution in [0.25, 0.3) is 10.9 Å². The Bertz CT molecular complexity index is 579. The minimum absolute atomic E-state index is 0.0835. The lowest BCUT2D eigenvalue weighted by Gasteiger charge is -2.32. The number of ether oxygens (including phenoxy) is 1. The maximum Gasteiger partial charge on any atom is 0.0881 e. The van der Waals surface area contributed by atoms with Crippen LogP contribution >= 0.6 is 0 Å². The van der Waals surface area contributed by atoms with Gasteiger partial charge in [-0.25, -0.2) is 0 Å². The number of fused-ring (bicyclic) bond motifs is 1. The van der Waals surface area contributed by atoms with Gasteiger partial charge < -0.3 is 14.4 Å². The number of aliphatic hydroxyl groups excluding tert-OH is 1. The van der Waals surface area contributed by atoms with Gasteiger partial charge in [0.25, 0.3) is 0 Å². The standard InChI is InChI=1S/C16H22N2O2/c1-2-17-7-8-20-14(10-17)11-18-9-13(12-19)15-5-3-4-6-16(15)18/h3-6,9,14,19H,2,7-8,10-12H2,1H3. The monoisotopic (exact) mass is 274 g/mol. The SMILES string of the molecule is CCN1CCOC(Cn2cc(CO)c3ccccc32)C1. The van der Waals surface area contributed by atoms with Gasteiger partial charge in [-0.15, -0.1) is 0 Å². The van der Waals surface area contributed by atoms with E-state index in [1.807, 2.05) is 12.1 Å². The van der Waals surface area contributed by atoms with Crippen LogP contribution in [0.1, 0.15) is 12.5 Å². The molecule has 1 unspecified atom stereocenters. The summed E-state index contributed by atoms with van der Waals surface area (Å²) in [7, 11) is 0. The number of aliphatic hydroxyl groups is 1. The zero-order valence-electron chi connectivity index (χ0n) is 12.0. The molecule has 1 aliphatic heterocycles. The van der Waals surface area contributed by atoms with Crippen molar-refractivity contribution in [3.05, 3.63) is 36.0 Å². The second-order valence-corrected chi connectivity index (χ2v) is 5.37. The zero-order valence-corrected chi connectivity index (χ0v) is 12.0. The van der Waals surface area contributed by atoms with Crippen molar-refractivity contribution in [2.24, 2.45) is 0 Å². The molecule has 1 N–H and O–H groups in total. The van der Waals surface area contributed by atoms with Crippen LogP contribution in [0.15, 0.2) is 30.5 Å². The van der Waals surface area contributed by atoms with Gasteiger partial charge in [0, 0.05) is 35.8 Å². The Morgan fingerprint density at radius 3 is 3.00 bits per heavy atom. The second kappa shape index (κ2) is 5.95. The Morgan fingerprint density at radius 1 is 1.35 bits per heavy atom. The van der Waals surface area contributed by atoms with Crippen LogP contribution in [-0.2, 0) is 17.9 Å². The van der Waals surface area contributed by atoms with E-state index in [1.54, 1.807) is 0 Å². The van der Waals surface area contributed by atoms with E-state index in [1.165, 1.54) is 5.52 Å². The number of aromatic nitrogens is 1. The molecule has 0 amide bonds. The minimum atomic E-state index is 0.0835. The summed E-state index contributed by atoms with van der Waals surface area (Å²) in [5.74, 6) is 0. The Kier molecular flexibility index (Phi) is 4.05. The van der Waals surface area contributed by atoms with Crippen LogP contribution in [0.2, 0.25) is 0 Å². The average Bonchev–Trinajstić information content (AvgIpc) is 2.86. The summed E-state index contributed by atoms with van der Waals surface area (Å²) in [6.45, 7) is 7.02. The largest absolute Gasteiger partial charge is 0.392 e. The van der Waals surface area contributed by atoms with Crippen LogP contribution in [-0.4, -0.2) is 46.9 Å². The fourth-order valence-electron chi connectivity index (χ4n) is 3.00. The number of hydrogen-bond donors (Lipinski definition) is 1. The van der Waals surface area contributed by atoms with Crippen LogP contribution in [0.4, 0.5) is 0 Å². The first-order valence-corrected chi connectivity index (χ1v) is 7.33. The highest BCUT2D eigenvalue weighted by atomic mass is 16.5. The quantitative estimate of drug-likeness (QED) is 0.924. The summed E-state index contributed by atoms with van der Waals surface area (Å²) in [5, 5.41) is 10.6. The highest BCUT2D eigenvalue weighted by Crippen LogP contribution is 2.22. The first kappa shape index (κ1) is 13.6. The van der Waals surface area contributed by atoms with Crippen molar-refractivity contribution in [2.75, 3.05) is 26.2 Å². The van der Waals surface area contributed by atoms with E-state index in [9.17, 15) is 5.11 Å². The number of likely N-dealkylation sites (N-methyl/N-ethyl adjacent to an activating group) is 1. The van der Waals surface area contributed by atoms with Crippen molar-refractivity contribution in [2.45, 2.75) is 26.2 Å². The van der Waals surface area contributed by atoms with Gasteiger partial charge >= 0.3 is 0 Å². The molecule has 1 aliphatic rings.